The van der Waals surface area contributed by atoms with Crippen molar-refractivity contribution in [2.45, 2.75) is 173 Å². The summed E-state index contributed by atoms with van der Waals surface area (Å²) in [6.45, 7) is 4.46. The Morgan fingerprint density at radius 1 is 0.367 bits per heavy atom. The minimum atomic E-state index is -0.544. The monoisotopic (exact) mass is 428 g/mol. The van der Waals surface area contributed by atoms with E-state index in [1.807, 2.05) is 0 Å². The Labute approximate surface area is 189 Å². The van der Waals surface area contributed by atoms with E-state index in [9.17, 15) is 15.3 Å². The van der Waals surface area contributed by atoms with Gasteiger partial charge in [0.25, 0.3) is 0 Å². The van der Waals surface area contributed by atoms with Crippen LogP contribution in [-0.4, -0.2) is 33.6 Å². The van der Waals surface area contributed by atoms with Gasteiger partial charge in [-0.25, -0.2) is 0 Å². The summed E-state index contributed by atoms with van der Waals surface area (Å²) < 4.78 is 0. The van der Waals surface area contributed by atoms with E-state index in [0.717, 1.165) is 51.4 Å². The molecule has 0 aromatic heterocycles. The number of aliphatic hydroxyl groups excluding tert-OH is 3. The number of rotatable bonds is 24. The molecule has 0 aliphatic carbocycles. The van der Waals surface area contributed by atoms with Crippen LogP contribution in [0.2, 0.25) is 0 Å². The second-order valence-corrected chi connectivity index (χ2v) is 9.60. The van der Waals surface area contributed by atoms with Crippen LogP contribution in [0.4, 0.5) is 0 Å². The molecule has 0 spiro atoms. The summed E-state index contributed by atoms with van der Waals surface area (Å²) in [6, 6.07) is 0. The first kappa shape index (κ1) is 29.9. The van der Waals surface area contributed by atoms with Gasteiger partial charge in [0.2, 0.25) is 0 Å². The van der Waals surface area contributed by atoms with Gasteiger partial charge in [0.15, 0.2) is 0 Å². The van der Waals surface area contributed by atoms with Crippen molar-refractivity contribution in [1.29, 1.82) is 0 Å². The summed E-state index contributed by atoms with van der Waals surface area (Å²) in [5.41, 5.74) is 0. The topological polar surface area (TPSA) is 60.7 Å². The molecule has 0 rings (SSSR count). The average Bonchev–Trinajstić information content (AvgIpc) is 2.74. The number of hydrogen-bond acceptors (Lipinski definition) is 3. The SMILES string of the molecule is CCCCCCCCCC(O)CCCCCCCCC(O)C(O)CCCCCCC. The second kappa shape index (κ2) is 23.5. The van der Waals surface area contributed by atoms with Gasteiger partial charge in [0, 0.05) is 0 Å². The molecule has 0 aliphatic rings. The zero-order valence-corrected chi connectivity index (χ0v) is 20.6. The van der Waals surface area contributed by atoms with Crippen LogP contribution in [0.25, 0.3) is 0 Å². The van der Waals surface area contributed by atoms with Gasteiger partial charge in [0.05, 0.1) is 18.3 Å². The van der Waals surface area contributed by atoms with Gasteiger partial charge >= 0.3 is 0 Å². The van der Waals surface area contributed by atoms with E-state index in [2.05, 4.69) is 13.8 Å². The first-order valence-corrected chi connectivity index (χ1v) is 13.7. The van der Waals surface area contributed by atoms with E-state index in [1.54, 1.807) is 0 Å². The van der Waals surface area contributed by atoms with Crippen molar-refractivity contribution in [2.75, 3.05) is 0 Å². The molecule has 0 aromatic carbocycles. The number of aliphatic hydroxyl groups is 3. The van der Waals surface area contributed by atoms with Crippen molar-refractivity contribution in [3.63, 3.8) is 0 Å². The molecule has 0 fully saturated rings. The van der Waals surface area contributed by atoms with E-state index in [4.69, 9.17) is 0 Å². The van der Waals surface area contributed by atoms with Crippen molar-refractivity contribution < 1.29 is 15.3 Å². The second-order valence-electron chi connectivity index (χ2n) is 9.60. The van der Waals surface area contributed by atoms with Crippen molar-refractivity contribution in [1.82, 2.24) is 0 Å². The normalized spacial score (nSPS) is 14.7. The van der Waals surface area contributed by atoms with Crippen LogP contribution in [0.1, 0.15) is 155 Å². The molecule has 3 unspecified atom stereocenters. The predicted molar refractivity (Wildman–Crippen MR) is 131 cm³/mol. The Balaban J connectivity index is 3.36. The summed E-state index contributed by atoms with van der Waals surface area (Å²) in [5.74, 6) is 0. The zero-order chi connectivity index (χ0) is 22.3. The molecule has 0 radical (unpaired) electrons. The number of unbranched alkanes of at least 4 members (excludes halogenated alkanes) is 15. The molecule has 3 heteroatoms. The lowest BCUT2D eigenvalue weighted by atomic mass is 9.99. The van der Waals surface area contributed by atoms with E-state index in [1.165, 1.54) is 89.9 Å². The Morgan fingerprint density at radius 3 is 0.967 bits per heavy atom. The summed E-state index contributed by atoms with van der Waals surface area (Å²) in [4.78, 5) is 0. The van der Waals surface area contributed by atoms with Crippen LogP contribution in [0.3, 0.4) is 0 Å². The van der Waals surface area contributed by atoms with E-state index in [0.29, 0.717) is 0 Å². The van der Waals surface area contributed by atoms with Crippen LogP contribution < -0.4 is 0 Å². The lowest BCUT2D eigenvalue weighted by molar-refractivity contribution is 0.00712. The lowest BCUT2D eigenvalue weighted by Crippen LogP contribution is -2.25. The molecule has 3 nitrogen and oxygen atoms in total. The molecule has 0 bridgehead atoms. The quantitative estimate of drug-likeness (QED) is 0.138. The minimum absolute atomic E-state index is 0.0979. The van der Waals surface area contributed by atoms with Crippen molar-refractivity contribution in [3.05, 3.63) is 0 Å². The Bertz CT molecular complexity index is 321. The molecule has 3 N–H and O–H groups in total. The number of hydrogen-bond donors (Lipinski definition) is 3. The first-order chi connectivity index (χ1) is 14.6. The van der Waals surface area contributed by atoms with E-state index in [-0.39, 0.29) is 6.10 Å². The van der Waals surface area contributed by atoms with Crippen LogP contribution in [0.15, 0.2) is 0 Å². The third kappa shape index (κ3) is 21.1. The molecular weight excluding hydrogens is 372 g/mol. The van der Waals surface area contributed by atoms with Gasteiger partial charge in [-0.3, -0.25) is 0 Å². The first-order valence-electron chi connectivity index (χ1n) is 13.7. The van der Waals surface area contributed by atoms with Gasteiger partial charge in [-0.05, 0) is 25.7 Å². The van der Waals surface area contributed by atoms with E-state index < -0.39 is 12.2 Å². The third-order valence-electron chi connectivity index (χ3n) is 6.48. The highest BCUT2D eigenvalue weighted by Crippen LogP contribution is 2.16. The molecule has 0 heterocycles. The van der Waals surface area contributed by atoms with Crippen LogP contribution in [-0.2, 0) is 0 Å². The average molecular weight is 429 g/mol. The Hall–Kier alpha value is -0.120. The van der Waals surface area contributed by atoms with Crippen molar-refractivity contribution >= 4 is 0 Å². The van der Waals surface area contributed by atoms with Crippen LogP contribution in [0, 0.1) is 0 Å². The lowest BCUT2D eigenvalue weighted by Gasteiger charge is -2.17. The highest BCUT2D eigenvalue weighted by molar-refractivity contribution is 4.67. The maximum atomic E-state index is 10.1. The van der Waals surface area contributed by atoms with Crippen molar-refractivity contribution in [3.8, 4) is 0 Å². The zero-order valence-electron chi connectivity index (χ0n) is 20.6. The molecule has 3 atom stereocenters. The molecule has 0 aromatic rings. The standard InChI is InChI=1S/C27H56O3/c1-3-5-7-9-10-14-17-21-25(28)22-18-15-11-12-16-20-24-27(30)26(29)23-19-13-8-6-4-2/h25-30H,3-24H2,1-2H3. The fourth-order valence-corrected chi connectivity index (χ4v) is 4.26. The Morgan fingerprint density at radius 2 is 0.633 bits per heavy atom. The smallest absolute Gasteiger partial charge is 0.0799 e. The van der Waals surface area contributed by atoms with Crippen molar-refractivity contribution in [2.24, 2.45) is 0 Å². The third-order valence-corrected chi connectivity index (χ3v) is 6.48. The predicted octanol–water partition coefficient (Wildman–Crippen LogP) is 7.69. The molecule has 0 saturated carbocycles. The fraction of sp³-hybridized carbons (Fsp3) is 1.00. The molecular formula is C27H56O3. The summed E-state index contributed by atoms with van der Waals surface area (Å²) in [7, 11) is 0. The highest BCUT2D eigenvalue weighted by atomic mass is 16.3. The van der Waals surface area contributed by atoms with Crippen LogP contribution in [0.5, 0.6) is 0 Å². The van der Waals surface area contributed by atoms with Gasteiger partial charge in [-0.15, -0.1) is 0 Å². The Kier molecular flexibility index (Phi) is 23.4. The van der Waals surface area contributed by atoms with Gasteiger partial charge in [-0.2, -0.15) is 0 Å². The molecule has 0 saturated heterocycles. The van der Waals surface area contributed by atoms with Gasteiger partial charge < -0.3 is 15.3 Å². The van der Waals surface area contributed by atoms with E-state index >= 15 is 0 Å². The minimum Gasteiger partial charge on any atom is -0.393 e. The van der Waals surface area contributed by atoms with Gasteiger partial charge in [0.1, 0.15) is 0 Å². The fourth-order valence-electron chi connectivity index (χ4n) is 4.26. The molecule has 182 valence electrons. The molecule has 0 amide bonds. The summed E-state index contributed by atoms with van der Waals surface area (Å²) >= 11 is 0. The summed E-state index contributed by atoms with van der Waals surface area (Å²) in [5, 5.41) is 30.2. The maximum absolute atomic E-state index is 10.1. The van der Waals surface area contributed by atoms with Crippen LogP contribution >= 0.6 is 0 Å². The molecule has 0 aliphatic heterocycles. The summed E-state index contributed by atoms with van der Waals surface area (Å²) in [6.07, 6.45) is 24.3. The maximum Gasteiger partial charge on any atom is 0.0799 e. The molecule has 30 heavy (non-hydrogen) atoms. The van der Waals surface area contributed by atoms with Gasteiger partial charge in [-0.1, -0.05) is 129 Å². The highest BCUT2D eigenvalue weighted by Gasteiger charge is 2.15. The largest absolute Gasteiger partial charge is 0.393 e.